The van der Waals surface area contributed by atoms with Crippen molar-refractivity contribution in [1.82, 2.24) is 14.9 Å². The summed E-state index contributed by atoms with van der Waals surface area (Å²) in [6, 6.07) is 5.27. The highest BCUT2D eigenvalue weighted by Crippen LogP contribution is 2.19. The predicted molar refractivity (Wildman–Crippen MR) is 78.8 cm³/mol. The van der Waals surface area contributed by atoms with Gasteiger partial charge in [0, 0.05) is 11.6 Å². The first kappa shape index (κ1) is 14.0. The Morgan fingerprint density at radius 3 is 2.74 bits per heavy atom. The molecule has 0 unspecified atom stereocenters. The Morgan fingerprint density at radius 2 is 2.16 bits per heavy atom. The zero-order chi connectivity index (χ0) is 14.0. The van der Waals surface area contributed by atoms with Gasteiger partial charge in [-0.05, 0) is 38.6 Å². The predicted octanol–water partition coefficient (Wildman–Crippen LogP) is 2.74. The highest BCUT2D eigenvalue weighted by atomic mass is 35.5. The monoisotopic (exact) mass is 279 g/mol. The van der Waals surface area contributed by atoms with E-state index in [2.05, 4.69) is 17.2 Å². The molecule has 2 rings (SSSR count). The molecule has 0 bridgehead atoms. The van der Waals surface area contributed by atoms with Crippen LogP contribution < -0.4 is 10.9 Å². The quantitative estimate of drug-likeness (QED) is 0.936. The maximum atomic E-state index is 12.5. The van der Waals surface area contributed by atoms with Crippen molar-refractivity contribution in [3.63, 3.8) is 0 Å². The first-order chi connectivity index (χ1) is 9.12. The molecule has 1 atom stereocenters. The fourth-order valence-corrected chi connectivity index (χ4v) is 2.47. The SMILES string of the molecule is CC[C@@H](NC)c1nc2cc(Cl)ccc2c(=O)n1CC. The summed E-state index contributed by atoms with van der Waals surface area (Å²) in [4.78, 5) is 17.1. The summed E-state index contributed by atoms with van der Waals surface area (Å²) >= 11 is 5.98. The lowest BCUT2D eigenvalue weighted by Gasteiger charge is -2.19. The van der Waals surface area contributed by atoms with Crippen LogP contribution in [0.2, 0.25) is 5.02 Å². The molecule has 19 heavy (non-hydrogen) atoms. The topological polar surface area (TPSA) is 46.9 Å². The molecule has 1 N–H and O–H groups in total. The second kappa shape index (κ2) is 5.72. The second-order valence-corrected chi connectivity index (χ2v) is 4.87. The van der Waals surface area contributed by atoms with Crippen molar-refractivity contribution in [1.29, 1.82) is 0 Å². The van der Waals surface area contributed by atoms with Crippen LogP contribution in [-0.2, 0) is 6.54 Å². The first-order valence-corrected chi connectivity index (χ1v) is 6.87. The van der Waals surface area contributed by atoms with Crippen LogP contribution >= 0.6 is 11.6 Å². The number of hydrogen-bond acceptors (Lipinski definition) is 3. The Hall–Kier alpha value is -1.39. The average Bonchev–Trinajstić information content (AvgIpc) is 2.40. The van der Waals surface area contributed by atoms with Crippen molar-refractivity contribution >= 4 is 22.5 Å². The molecule has 0 aliphatic carbocycles. The van der Waals surface area contributed by atoms with Gasteiger partial charge >= 0.3 is 0 Å². The van der Waals surface area contributed by atoms with Gasteiger partial charge in [-0.25, -0.2) is 4.98 Å². The molecule has 5 heteroatoms. The standard InChI is InChI=1S/C14H18ClN3O/c1-4-11(16-3)13-17-12-8-9(15)6-7-10(12)14(19)18(13)5-2/h6-8,11,16H,4-5H2,1-3H3/t11-/m1/s1. The first-order valence-electron chi connectivity index (χ1n) is 6.49. The third kappa shape index (κ3) is 2.51. The highest BCUT2D eigenvalue weighted by molar-refractivity contribution is 6.31. The minimum atomic E-state index is -0.00660. The van der Waals surface area contributed by atoms with Crippen LogP contribution in [0.25, 0.3) is 10.9 Å². The van der Waals surface area contributed by atoms with Gasteiger partial charge in [0.15, 0.2) is 0 Å². The Bertz CT molecular complexity index is 647. The third-order valence-corrected chi connectivity index (χ3v) is 3.57. The van der Waals surface area contributed by atoms with E-state index >= 15 is 0 Å². The van der Waals surface area contributed by atoms with E-state index in [1.165, 1.54) is 0 Å². The molecule has 4 nitrogen and oxygen atoms in total. The summed E-state index contributed by atoms with van der Waals surface area (Å²) in [5, 5.41) is 4.40. The maximum Gasteiger partial charge on any atom is 0.261 e. The molecule has 0 saturated heterocycles. The third-order valence-electron chi connectivity index (χ3n) is 3.33. The Labute approximate surface area is 117 Å². The van der Waals surface area contributed by atoms with Gasteiger partial charge in [-0.3, -0.25) is 9.36 Å². The van der Waals surface area contributed by atoms with Crippen molar-refractivity contribution < 1.29 is 0 Å². The zero-order valence-electron chi connectivity index (χ0n) is 11.4. The van der Waals surface area contributed by atoms with Crippen LogP contribution in [-0.4, -0.2) is 16.6 Å². The molecule has 0 aliphatic rings. The van der Waals surface area contributed by atoms with E-state index in [1.54, 1.807) is 22.8 Å². The summed E-state index contributed by atoms with van der Waals surface area (Å²) in [6.07, 6.45) is 0.870. The average molecular weight is 280 g/mol. The minimum absolute atomic E-state index is 0.00660. The van der Waals surface area contributed by atoms with Crippen molar-refractivity contribution in [2.24, 2.45) is 0 Å². The maximum absolute atomic E-state index is 12.5. The van der Waals surface area contributed by atoms with Crippen molar-refractivity contribution in [2.75, 3.05) is 7.05 Å². The largest absolute Gasteiger partial charge is 0.310 e. The number of hydrogen-bond donors (Lipinski definition) is 1. The molecule has 1 aromatic carbocycles. The molecule has 0 fully saturated rings. The van der Waals surface area contributed by atoms with Gasteiger partial charge in [0.2, 0.25) is 0 Å². The lowest BCUT2D eigenvalue weighted by molar-refractivity contribution is 0.499. The van der Waals surface area contributed by atoms with Crippen LogP contribution in [0.5, 0.6) is 0 Å². The fourth-order valence-electron chi connectivity index (χ4n) is 2.30. The second-order valence-electron chi connectivity index (χ2n) is 4.43. The Balaban J connectivity index is 2.79. The molecule has 0 amide bonds. The molecule has 0 saturated carbocycles. The van der Waals surface area contributed by atoms with Gasteiger partial charge in [0.05, 0.1) is 16.9 Å². The number of fused-ring (bicyclic) bond motifs is 1. The van der Waals surface area contributed by atoms with Crippen LogP contribution in [0, 0.1) is 0 Å². The summed E-state index contributed by atoms with van der Waals surface area (Å²) in [5.74, 6) is 0.771. The Kier molecular flexibility index (Phi) is 4.22. The van der Waals surface area contributed by atoms with Gasteiger partial charge in [0.1, 0.15) is 5.82 Å². The van der Waals surface area contributed by atoms with E-state index in [9.17, 15) is 4.79 Å². The van der Waals surface area contributed by atoms with Crippen LogP contribution in [0.15, 0.2) is 23.0 Å². The van der Waals surface area contributed by atoms with E-state index in [0.717, 1.165) is 12.2 Å². The molecule has 0 aliphatic heterocycles. The van der Waals surface area contributed by atoms with Crippen molar-refractivity contribution in [2.45, 2.75) is 32.9 Å². The summed E-state index contributed by atoms with van der Waals surface area (Å²) in [5.41, 5.74) is 0.652. The molecule has 1 heterocycles. The number of halogens is 1. The Morgan fingerprint density at radius 1 is 1.42 bits per heavy atom. The van der Waals surface area contributed by atoms with Gasteiger partial charge in [-0.1, -0.05) is 18.5 Å². The zero-order valence-corrected chi connectivity index (χ0v) is 12.2. The van der Waals surface area contributed by atoms with E-state index in [1.807, 2.05) is 14.0 Å². The van der Waals surface area contributed by atoms with Gasteiger partial charge in [-0.15, -0.1) is 0 Å². The molecule has 1 aromatic heterocycles. The normalized spacial score (nSPS) is 12.8. The molecule has 0 spiro atoms. The molecule has 2 aromatic rings. The number of nitrogens with zero attached hydrogens (tertiary/aromatic N) is 2. The summed E-state index contributed by atoms with van der Waals surface area (Å²) < 4.78 is 1.72. The number of aromatic nitrogens is 2. The molecule has 102 valence electrons. The van der Waals surface area contributed by atoms with Crippen molar-refractivity contribution in [3.05, 3.63) is 39.4 Å². The van der Waals surface area contributed by atoms with Crippen LogP contribution in [0.4, 0.5) is 0 Å². The summed E-state index contributed by atoms with van der Waals surface area (Å²) in [7, 11) is 1.88. The van der Waals surface area contributed by atoms with E-state index in [4.69, 9.17) is 11.6 Å². The molecular weight excluding hydrogens is 262 g/mol. The summed E-state index contributed by atoms with van der Waals surface area (Å²) in [6.45, 7) is 4.63. The number of nitrogens with one attached hydrogen (secondary N) is 1. The van der Waals surface area contributed by atoms with Gasteiger partial charge < -0.3 is 5.32 Å². The molecule has 0 radical (unpaired) electrons. The van der Waals surface area contributed by atoms with Crippen LogP contribution in [0.1, 0.15) is 32.1 Å². The van der Waals surface area contributed by atoms with E-state index in [-0.39, 0.29) is 11.6 Å². The van der Waals surface area contributed by atoms with Gasteiger partial charge in [-0.2, -0.15) is 0 Å². The van der Waals surface area contributed by atoms with Crippen molar-refractivity contribution in [3.8, 4) is 0 Å². The van der Waals surface area contributed by atoms with E-state index in [0.29, 0.717) is 22.5 Å². The molecular formula is C14H18ClN3O. The van der Waals surface area contributed by atoms with Crippen LogP contribution in [0.3, 0.4) is 0 Å². The lowest BCUT2D eigenvalue weighted by Crippen LogP contribution is -2.30. The minimum Gasteiger partial charge on any atom is -0.310 e. The van der Waals surface area contributed by atoms with E-state index < -0.39 is 0 Å². The number of benzene rings is 1. The highest BCUT2D eigenvalue weighted by Gasteiger charge is 2.16. The lowest BCUT2D eigenvalue weighted by atomic mass is 10.1. The smallest absolute Gasteiger partial charge is 0.261 e. The number of rotatable bonds is 4. The van der Waals surface area contributed by atoms with Gasteiger partial charge in [0.25, 0.3) is 5.56 Å². The fraction of sp³-hybridized carbons (Fsp3) is 0.429.